The van der Waals surface area contributed by atoms with Crippen LogP contribution in [0.4, 0.5) is 0 Å². The summed E-state index contributed by atoms with van der Waals surface area (Å²) in [6, 6.07) is 20.5. The molecule has 0 saturated carbocycles. The first-order valence-corrected chi connectivity index (χ1v) is 13.0. The summed E-state index contributed by atoms with van der Waals surface area (Å²) >= 11 is 0. The summed E-state index contributed by atoms with van der Waals surface area (Å²) in [5.41, 5.74) is 8.90. The van der Waals surface area contributed by atoms with Gasteiger partial charge in [0.2, 0.25) is 5.91 Å². The summed E-state index contributed by atoms with van der Waals surface area (Å²) < 4.78 is 0. The number of amides is 1. The Balaban J connectivity index is 0.00000612. The van der Waals surface area contributed by atoms with Crippen molar-refractivity contribution in [2.24, 2.45) is 5.73 Å². The third kappa shape index (κ3) is 8.76. The van der Waals surface area contributed by atoms with E-state index in [-0.39, 0.29) is 30.7 Å². The number of halogens is 2. The average molecular weight is 539 g/mol. The predicted octanol–water partition coefficient (Wildman–Crippen LogP) is 6.94. The van der Waals surface area contributed by atoms with Crippen molar-refractivity contribution in [3.05, 3.63) is 60.2 Å². The quantitative estimate of drug-likeness (QED) is 0.301. The van der Waals surface area contributed by atoms with Crippen LogP contribution in [0.5, 0.6) is 0 Å². The van der Waals surface area contributed by atoms with Gasteiger partial charge in [0.25, 0.3) is 0 Å². The van der Waals surface area contributed by atoms with Crippen molar-refractivity contribution in [2.45, 2.75) is 97.8 Å². The van der Waals surface area contributed by atoms with Gasteiger partial charge >= 0.3 is 0 Å². The highest BCUT2D eigenvalue weighted by Gasteiger charge is 2.39. The molecule has 6 heteroatoms. The predicted molar refractivity (Wildman–Crippen MR) is 160 cm³/mol. The maximum atomic E-state index is 13.3. The molecule has 0 radical (unpaired) electrons. The number of nitrogens with two attached hydrogens (primary N) is 1. The van der Waals surface area contributed by atoms with Gasteiger partial charge in [-0.25, -0.2) is 0 Å². The van der Waals surface area contributed by atoms with Crippen LogP contribution in [0.2, 0.25) is 0 Å². The molecule has 0 aromatic heterocycles. The lowest BCUT2D eigenvalue weighted by Gasteiger charge is -2.39. The van der Waals surface area contributed by atoms with Gasteiger partial charge in [0.1, 0.15) is 0 Å². The van der Waals surface area contributed by atoms with Crippen molar-refractivity contribution in [3.8, 4) is 11.1 Å². The molecular formula is C30H49Cl2N3O. The zero-order chi connectivity index (χ0) is 25.5. The van der Waals surface area contributed by atoms with E-state index in [1.807, 2.05) is 6.07 Å². The number of benzene rings is 2. The molecule has 0 spiro atoms. The van der Waals surface area contributed by atoms with Crippen molar-refractivity contribution in [3.63, 3.8) is 0 Å². The molecule has 0 atom stereocenters. The topological polar surface area (TPSA) is 49.6 Å². The van der Waals surface area contributed by atoms with Crippen LogP contribution in [-0.4, -0.2) is 53.0 Å². The molecule has 4 nitrogen and oxygen atoms in total. The molecule has 0 fully saturated rings. The van der Waals surface area contributed by atoms with E-state index < -0.39 is 5.41 Å². The number of carbonyl (C=O) groups is 1. The first kappa shape index (κ1) is 34.4. The van der Waals surface area contributed by atoms with Crippen molar-refractivity contribution in [2.75, 3.05) is 13.1 Å². The molecule has 0 aliphatic rings. The Bertz CT molecular complexity index is 843. The van der Waals surface area contributed by atoms with Gasteiger partial charge in [-0.3, -0.25) is 14.6 Å². The molecule has 0 saturated heterocycles. The molecule has 0 heterocycles. The fourth-order valence-corrected chi connectivity index (χ4v) is 5.28. The number of nitrogens with zero attached hydrogens (tertiary/aromatic N) is 2. The molecule has 1 amide bonds. The number of rotatable bonds is 13. The summed E-state index contributed by atoms with van der Waals surface area (Å²) in [5, 5.41) is 0. The Labute approximate surface area is 232 Å². The number of carbonyl (C=O) groups excluding carboxylic acids is 1. The van der Waals surface area contributed by atoms with Crippen LogP contribution in [0, 0.1) is 0 Å². The SMILES string of the molecule is CC(C)N(CCC(CCN(C(C)C)C(C)C)(C(N)=O)c1ccc(-c2ccccc2)cc1)C(C)C.Cl.Cl. The Morgan fingerprint density at radius 3 is 1.36 bits per heavy atom. The number of primary amides is 1. The Morgan fingerprint density at radius 2 is 1.03 bits per heavy atom. The highest BCUT2D eigenvalue weighted by Crippen LogP contribution is 2.35. The Morgan fingerprint density at radius 1 is 0.667 bits per heavy atom. The van der Waals surface area contributed by atoms with E-state index in [0.29, 0.717) is 37.0 Å². The summed E-state index contributed by atoms with van der Waals surface area (Å²) in [6.07, 6.45) is 1.43. The van der Waals surface area contributed by atoms with Crippen molar-refractivity contribution >= 4 is 30.7 Å². The molecule has 204 valence electrons. The van der Waals surface area contributed by atoms with E-state index in [2.05, 4.69) is 114 Å². The molecule has 0 aliphatic heterocycles. The second kappa shape index (κ2) is 15.6. The smallest absolute Gasteiger partial charge is 0.228 e. The van der Waals surface area contributed by atoms with E-state index in [1.165, 1.54) is 5.56 Å². The molecule has 0 unspecified atom stereocenters. The third-order valence-electron chi connectivity index (χ3n) is 7.26. The minimum atomic E-state index is -0.709. The van der Waals surface area contributed by atoms with Gasteiger partial charge in [0, 0.05) is 37.3 Å². The highest BCUT2D eigenvalue weighted by atomic mass is 35.5. The zero-order valence-electron chi connectivity index (χ0n) is 23.5. The fraction of sp³-hybridized carbons (Fsp3) is 0.567. The summed E-state index contributed by atoms with van der Waals surface area (Å²) in [4.78, 5) is 18.2. The Kier molecular flexibility index (Phi) is 14.9. The third-order valence-corrected chi connectivity index (χ3v) is 7.26. The van der Waals surface area contributed by atoms with Crippen molar-refractivity contribution in [1.29, 1.82) is 0 Å². The van der Waals surface area contributed by atoms with Crippen LogP contribution in [0.15, 0.2) is 54.6 Å². The Hall–Kier alpha value is -1.59. The number of hydrogen-bond acceptors (Lipinski definition) is 3. The molecule has 2 aromatic rings. The molecule has 2 aromatic carbocycles. The standard InChI is InChI=1S/C30H47N3O.2ClH/c1-22(2)32(23(3)4)20-18-30(29(31)34,19-21-33(24(5)6)25(7)8)28-16-14-27(15-17-28)26-12-10-9-11-13-26;;/h9-17,22-25H,18-21H2,1-8H3,(H2,31,34);2*1H. The van der Waals surface area contributed by atoms with Gasteiger partial charge in [0.05, 0.1) is 5.41 Å². The van der Waals surface area contributed by atoms with Crippen LogP contribution in [0.3, 0.4) is 0 Å². The molecule has 36 heavy (non-hydrogen) atoms. The lowest BCUT2D eigenvalue weighted by atomic mass is 9.73. The minimum absolute atomic E-state index is 0. The lowest BCUT2D eigenvalue weighted by Crippen LogP contribution is -2.49. The average Bonchev–Trinajstić information content (AvgIpc) is 2.77. The van der Waals surface area contributed by atoms with Crippen LogP contribution in [0.1, 0.15) is 73.8 Å². The highest BCUT2D eigenvalue weighted by molar-refractivity contribution is 5.87. The van der Waals surface area contributed by atoms with E-state index in [4.69, 9.17) is 5.73 Å². The fourth-order valence-electron chi connectivity index (χ4n) is 5.28. The van der Waals surface area contributed by atoms with Crippen LogP contribution < -0.4 is 5.73 Å². The van der Waals surface area contributed by atoms with Gasteiger partial charge < -0.3 is 5.73 Å². The lowest BCUT2D eigenvalue weighted by molar-refractivity contribution is -0.124. The first-order valence-electron chi connectivity index (χ1n) is 13.0. The van der Waals surface area contributed by atoms with E-state index in [9.17, 15) is 4.79 Å². The van der Waals surface area contributed by atoms with Crippen LogP contribution in [0.25, 0.3) is 11.1 Å². The second-order valence-electron chi connectivity index (χ2n) is 10.7. The largest absolute Gasteiger partial charge is 0.369 e. The van der Waals surface area contributed by atoms with Gasteiger partial charge in [-0.15, -0.1) is 24.8 Å². The van der Waals surface area contributed by atoms with Gasteiger partial charge in [-0.2, -0.15) is 0 Å². The van der Waals surface area contributed by atoms with Gasteiger partial charge in [0.15, 0.2) is 0 Å². The molecule has 2 N–H and O–H groups in total. The minimum Gasteiger partial charge on any atom is -0.369 e. The van der Waals surface area contributed by atoms with E-state index in [0.717, 1.165) is 24.2 Å². The van der Waals surface area contributed by atoms with E-state index in [1.54, 1.807) is 0 Å². The number of hydrogen-bond donors (Lipinski definition) is 1. The monoisotopic (exact) mass is 537 g/mol. The van der Waals surface area contributed by atoms with Gasteiger partial charge in [-0.1, -0.05) is 54.6 Å². The second-order valence-corrected chi connectivity index (χ2v) is 10.7. The normalized spacial score (nSPS) is 11.9. The summed E-state index contributed by atoms with van der Waals surface area (Å²) in [5.74, 6) is -0.222. The summed E-state index contributed by atoms with van der Waals surface area (Å²) in [7, 11) is 0. The van der Waals surface area contributed by atoms with Crippen LogP contribution in [-0.2, 0) is 10.2 Å². The van der Waals surface area contributed by atoms with Crippen LogP contribution >= 0.6 is 24.8 Å². The molecule has 0 bridgehead atoms. The molecule has 0 aliphatic carbocycles. The first-order chi connectivity index (χ1) is 16.0. The molecule has 2 rings (SSSR count). The maximum absolute atomic E-state index is 13.3. The van der Waals surface area contributed by atoms with Gasteiger partial charge in [-0.05, 0) is 84.9 Å². The maximum Gasteiger partial charge on any atom is 0.228 e. The molecular weight excluding hydrogens is 489 g/mol. The zero-order valence-corrected chi connectivity index (χ0v) is 25.2. The van der Waals surface area contributed by atoms with Crippen molar-refractivity contribution in [1.82, 2.24) is 9.80 Å². The van der Waals surface area contributed by atoms with Crippen molar-refractivity contribution < 1.29 is 4.79 Å². The summed E-state index contributed by atoms with van der Waals surface area (Å²) in [6.45, 7) is 19.4. The van der Waals surface area contributed by atoms with E-state index >= 15 is 0 Å².